The van der Waals surface area contributed by atoms with E-state index in [1.165, 1.54) is 0 Å². The zero-order chi connectivity index (χ0) is 20.1. The molecule has 1 N–H and O–H groups in total. The fourth-order valence-corrected chi connectivity index (χ4v) is 4.91. The highest BCUT2D eigenvalue weighted by molar-refractivity contribution is 7.99. The molecular formula is C23H27N3O2S. The van der Waals surface area contributed by atoms with Crippen LogP contribution in [0, 0.1) is 0 Å². The van der Waals surface area contributed by atoms with E-state index in [4.69, 9.17) is 0 Å². The second-order valence-electron chi connectivity index (χ2n) is 7.58. The van der Waals surface area contributed by atoms with Crippen molar-refractivity contribution in [1.82, 2.24) is 9.80 Å². The van der Waals surface area contributed by atoms with Crippen LogP contribution in [0.25, 0.3) is 0 Å². The Bertz CT molecular complexity index is 835. The van der Waals surface area contributed by atoms with E-state index < -0.39 is 0 Å². The van der Waals surface area contributed by atoms with Crippen molar-refractivity contribution < 1.29 is 9.59 Å². The molecule has 2 aromatic rings. The smallest absolute Gasteiger partial charge is 0.255 e. The molecule has 2 heterocycles. The lowest BCUT2D eigenvalue weighted by atomic mass is 10.1. The predicted molar refractivity (Wildman–Crippen MR) is 118 cm³/mol. The molecule has 2 aliphatic heterocycles. The molecule has 2 aromatic carbocycles. The average Bonchev–Trinajstić information content (AvgIpc) is 3.23. The van der Waals surface area contributed by atoms with Gasteiger partial charge in [-0.15, -0.1) is 0 Å². The lowest BCUT2D eigenvalue weighted by molar-refractivity contribution is -0.135. The molecule has 1 unspecified atom stereocenters. The van der Waals surface area contributed by atoms with Crippen LogP contribution in [-0.2, 0) is 11.3 Å². The number of nitrogens with one attached hydrogen (secondary N) is 1. The van der Waals surface area contributed by atoms with Crippen LogP contribution in [0.4, 0.5) is 5.69 Å². The maximum Gasteiger partial charge on any atom is 0.255 e. The van der Waals surface area contributed by atoms with Gasteiger partial charge >= 0.3 is 0 Å². The number of amides is 2. The Morgan fingerprint density at radius 2 is 1.69 bits per heavy atom. The molecule has 2 fully saturated rings. The van der Waals surface area contributed by atoms with Gasteiger partial charge in [0.1, 0.15) is 0 Å². The van der Waals surface area contributed by atoms with Crippen LogP contribution in [-0.4, -0.2) is 58.8 Å². The van der Waals surface area contributed by atoms with E-state index >= 15 is 0 Å². The van der Waals surface area contributed by atoms with Gasteiger partial charge < -0.3 is 10.2 Å². The van der Waals surface area contributed by atoms with Crippen molar-refractivity contribution in [1.29, 1.82) is 0 Å². The summed E-state index contributed by atoms with van der Waals surface area (Å²) < 4.78 is 0. The van der Waals surface area contributed by atoms with Gasteiger partial charge in [0.2, 0.25) is 5.91 Å². The molecule has 0 aromatic heterocycles. The van der Waals surface area contributed by atoms with Crippen LogP contribution in [0.5, 0.6) is 0 Å². The molecule has 6 heteroatoms. The summed E-state index contributed by atoms with van der Waals surface area (Å²) in [6.45, 7) is 3.45. The first kappa shape index (κ1) is 20.0. The van der Waals surface area contributed by atoms with E-state index in [0.29, 0.717) is 11.5 Å². The third-order valence-corrected chi connectivity index (χ3v) is 6.55. The van der Waals surface area contributed by atoms with Gasteiger partial charge in [0.05, 0.1) is 6.04 Å². The zero-order valence-electron chi connectivity index (χ0n) is 16.5. The van der Waals surface area contributed by atoms with Crippen molar-refractivity contribution in [3.63, 3.8) is 0 Å². The van der Waals surface area contributed by atoms with Crippen molar-refractivity contribution in [3.05, 3.63) is 65.7 Å². The van der Waals surface area contributed by atoms with Crippen molar-refractivity contribution in [2.75, 3.05) is 36.5 Å². The quantitative estimate of drug-likeness (QED) is 0.822. The summed E-state index contributed by atoms with van der Waals surface area (Å²) in [6, 6.07) is 17.2. The number of carbonyl (C=O) groups is 2. The minimum atomic E-state index is -0.111. The zero-order valence-corrected chi connectivity index (χ0v) is 17.4. The Kier molecular flexibility index (Phi) is 6.52. The summed E-state index contributed by atoms with van der Waals surface area (Å²) >= 11 is 1.93. The number of benzene rings is 2. The second-order valence-corrected chi connectivity index (χ2v) is 8.81. The van der Waals surface area contributed by atoms with Crippen LogP contribution in [0.1, 0.15) is 28.8 Å². The molecule has 0 aliphatic carbocycles. The molecule has 4 rings (SSSR count). The SMILES string of the molecule is O=C(Nc1ccccc1)c1ccc(CN2CCCC2C(=O)N2CCSCC2)cc1. The molecule has 2 saturated heterocycles. The van der Waals surface area contributed by atoms with Crippen LogP contribution in [0.3, 0.4) is 0 Å². The summed E-state index contributed by atoms with van der Waals surface area (Å²) in [6.07, 6.45) is 2.01. The molecular weight excluding hydrogens is 382 g/mol. The van der Waals surface area contributed by atoms with E-state index in [-0.39, 0.29) is 11.9 Å². The summed E-state index contributed by atoms with van der Waals surface area (Å²) in [5.74, 6) is 2.28. The van der Waals surface area contributed by atoms with E-state index in [1.54, 1.807) is 0 Å². The Morgan fingerprint density at radius 3 is 2.41 bits per heavy atom. The van der Waals surface area contributed by atoms with Gasteiger partial charge in [-0.2, -0.15) is 11.8 Å². The normalized spacial score (nSPS) is 19.9. The van der Waals surface area contributed by atoms with E-state index in [9.17, 15) is 9.59 Å². The fraction of sp³-hybridized carbons (Fsp3) is 0.391. The molecule has 152 valence electrons. The first-order valence-electron chi connectivity index (χ1n) is 10.3. The third kappa shape index (κ3) is 5.00. The maximum atomic E-state index is 12.9. The minimum absolute atomic E-state index is 0.000782. The fourth-order valence-electron chi connectivity index (χ4n) is 4.01. The summed E-state index contributed by atoms with van der Waals surface area (Å²) in [5.41, 5.74) is 2.56. The number of para-hydroxylation sites is 1. The van der Waals surface area contributed by atoms with E-state index in [0.717, 1.165) is 61.8 Å². The number of thioether (sulfide) groups is 1. The Labute approximate surface area is 176 Å². The van der Waals surface area contributed by atoms with Gasteiger partial charge in [-0.3, -0.25) is 14.5 Å². The standard InChI is InChI=1S/C23H27N3O2S/c27-22(24-20-5-2-1-3-6-20)19-10-8-18(9-11-19)17-26-12-4-7-21(26)23(28)25-13-15-29-16-14-25/h1-3,5-6,8-11,21H,4,7,12-17H2,(H,24,27). The molecule has 1 atom stereocenters. The Balaban J connectivity index is 1.36. The molecule has 0 radical (unpaired) electrons. The highest BCUT2D eigenvalue weighted by Crippen LogP contribution is 2.23. The van der Waals surface area contributed by atoms with Crippen molar-refractivity contribution >= 4 is 29.3 Å². The van der Waals surface area contributed by atoms with E-state index in [2.05, 4.69) is 10.2 Å². The summed E-state index contributed by atoms with van der Waals surface area (Å²) in [7, 11) is 0. The van der Waals surface area contributed by atoms with Gasteiger partial charge in [-0.05, 0) is 49.2 Å². The van der Waals surface area contributed by atoms with Gasteiger partial charge in [0.15, 0.2) is 0 Å². The highest BCUT2D eigenvalue weighted by Gasteiger charge is 2.34. The lowest BCUT2D eigenvalue weighted by Crippen LogP contribution is -2.48. The molecule has 0 bridgehead atoms. The molecule has 0 saturated carbocycles. The second kappa shape index (κ2) is 9.46. The van der Waals surface area contributed by atoms with Gasteiger partial charge in [-0.1, -0.05) is 30.3 Å². The highest BCUT2D eigenvalue weighted by atomic mass is 32.2. The monoisotopic (exact) mass is 409 g/mol. The van der Waals surface area contributed by atoms with Crippen molar-refractivity contribution in [3.8, 4) is 0 Å². The first-order valence-corrected chi connectivity index (χ1v) is 11.4. The Hall–Kier alpha value is -2.31. The van der Waals surface area contributed by atoms with Gasteiger partial charge in [-0.25, -0.2) is 0 Å². The number of anilines is 1. The number of rotatable bonds is 5. The Morgan fingerprint density at radius 1 is 0.966 bits per heavy atom. The largest absolute Gasteiger partial charge is 0.340 e. The van der Waals surface area contributed by atoms with Gasteiger partial charge in [0.25, 0.3) is 5.91 Å². The number of likely N-dealkylation sites (tertiary alicyclic amines) is 1. The van der Waals surface area contributed by atoms with Crippen molar-refractivity contribution in [2.24, 2.45) is 0 Å². The maximum absolute atomic E-state index is 12.9. The number of nitrogens with zero attached hydrogens (tertiary/aromatic N) is 2. The topological polar surface area (TPSA) is 52.7 Å². The summed E-state index contributed by atoms with van der Waals surface area (Å²) in [5, 5.41) is 2.91. The van der Waals surface area contributed by atoms with Crippen molar-refractivity contribution in [2.45, 2.75) is 25.4 Å². The average molecular weight is 410 g/mol. The number of hydrogen-bond donors (Lipinski definition) is 1. The molecule has 5 nitrogen and oxygen atoms in total. The molecule has 0 spiro atoms. The summed E-state index contributed by atoms with van der Waals surface area (Å²) in [4.78, 5) is 29.7. The van der Waals surface area contributed by atoms with Crippen LogP contribution in [0.2, 0.25) is 0 Å². The first-order chi connectivity index (χ1) is 14.2. The van der Waals surface area contributed by atoms with Crippen LogP contribution in [0.15, 0.2) is 54.6 Å². The molecule has 2 aliphatic rings. The minimum Gasteiger partial charge on any atom is -0.340 e. The third-order valence-electron chi connectivity index (χ3n) is 5.60. The molecule has 29 heavy (non-hydrogen) atoms. The lowest BCUT2D eigenvalue weighted by Gasteiger charge is -2.32. The number of hydrogen-bond acceptors (Lipinski definition) is 4. The number of carbonyl (C=O) groups excluding carboxylic acids is 2. The predicted octanol–water partition coefficient (Wildman–Crippen LogP) is 3.48. The van der Waals surface area contributed by atoms with E-state index in [1.807, 2.05) is 71.3 Å². The van der Waals surface area contributed by atoms with Crippen LogP contribution >= 0.6 is 11.8 Å². The van der Waals surface area contributed by atoms with Gasteiger partial charge in [0, 0.05) is 42.4 Å². The van der Waals surface area contributed by atoms with Crippen LogP contribution < -0.4 is 5.32 Å². The molecule has 2 amide bonds.